The van der Waals surface area contributed by atoms with Gasteiger partial charge in [0.15, 0.2) is 0 Å². The molecule has 74 valence electrons. The molecular weight excluding hydrogens is 228 g/mol. The Morgan fingerprint density at radius 3 is 2.62 bits per heavy atom. The first-order chi connectivity index (χ1) is 6.33. The number of ketones is 1. The predicted octanol–water partition coefficient (Wildman–Crippen LogP) is 3.62. The van der Waals surface area contributed by atoms with Gasteiger partial charge in [-0.05, 0) is 32.1 Å². The summed E-state index contributed by atoms with van der Waals surface area (Å²) < 4.78 is 0. The largest absolute Gasteiger partial charge is 0.300 e. The Morgan fingerprint density at radius 2 is 1.85 bits per heavy atom. The van der Waals surface area contributed by atoms with E-state index in [4.69, 9.17) is 0 Å². The highest BCUT2D eigenvalue weighted by Crippen LogP contribution is 2.16. The lowest BCUT2D eigenvalue weighted by Gasteiger charge is -2.07. The summed E-state index contributed by atoms with van der Waals surface area (Å²) in [6.45, 7) is 0. The maximum Gasteiger partial charge on any atom is 0.132 e. The molecule has 1 rings (SSSR count). The minimum absolute atomic E-state index is 0.454. The second-order valence-electron chi connectivity index (χ2n) is 3.63. The molecule has 13 heavy (non-hydrogen) atoms. The number of rotatable bonds is 1. The fraction of sp³-hybridized carbons (Fsp3) is 0.727. The van der Waals surface area contributed by atoms with Crippen molar-refractivity contribution < 1.29 is 4.79 Å². The van der Waals surface area contributed by atoms with Crippen molar-refractivity contribution in [2.45, 2.75) is 44.9 Å². The van der Waals surface area contributed by atoms with Crippen molar-refractivity contribution >= 4 is 21.7 Å². The summed E-state index contributed by atoms with van der Waals surface area (Å²) in [5, 5.41) is 1.00. The van der Waals surface area contributed by atoms with Crippen molar-refractivity contribution in [2.24, 2.45) is 0 Å². The molecule has 0 unspecified atom stereocenters. The smallest absolute Gasteiger partial charge is 0.132 e. The van der Waals surface area contributed by atoms with Crippen molar-refractivity contribution in [1.82, 2.24) is 0 Å². The van der Waals surface area contributed by atoms with Gasteiger partial charge in [0.1, 0.15) is 5.78 Å². The number of allylic oxidation sites excluding steroid dienone is 2. The minimum atomic E-state index is 0.454. The first-order valence-electron chi connectivity index (χ1n) is 5.08. The first kappa shape index (κ1) is 11.0. The lowest BCUT2D eigenvalue weighted by Crippen LogP contribution is -1.99. The summed E-state index contributed by atoms with van der Waals surface area (Å²) >= 11 is 3.49. The number of carbonyl (C=O) groups excluding carboxylic acids is 1. The average Bonchev–Trinajstić information content (AvgIpc) is 2.16. The van der Waals surface area contributed by atoms with Crippen LogP contribution in [0.25, 0.3) is 0 Å². The summed E-state index contributed by atoms with van der Waals surface area (Å²) in [7, 11) is 0. The van der Waals surface area contributed by atoms with Gasteiger partial charge in [0.25, 0.3) is 0 Å². The van der Waals surface area contributed by atoms with Gasteiger partial charge >= 0.3 is 0 Å². The lowest BCUT2D eigenvalue weighted by molar-refractivity contribution is -0.119. The highest BCUT2D eigenvalue weighted by Gasteiger charge is 2.04. The molecule has 0 fully saturated rings. The number of halogens is 1. The van der Waals surface area contributed by atoms with Crippen LogP contribution in [0.2, 0.25) is 0 Å². The lowest BCUT2D eigenvalue weighted by atomic mass is 10.0. The molecule has 0 atom stereocenters. The van der Waals surface area contributed by atoms with Gasteiger partial charge in [0.05, 0.1) is 0 Å². The van der Waals surface area contributed by atoms with Crippen molar-refractivity contribution in [2.75, 3.05) is 5.33 Å². The molecule has 1 nitrogen and oxygen atoms in total. The third-order valence-corrected chi connectivity index (χ3v) is 3.19. The molecule has 1 aliphatic carbocycles. The molecule has 1 aliphatic rings. The maximum absolute atomic E-state index is 11.2. The Hall–Kier alpha value is -0.110. The van der Waals surface area contributed by atoms with E-state index in [-0.39, 0.29) is 0 Å². The predicted molar refractivity (Wildman–Crippen MR) is 59.2 cm³/mol. The molecule has 0 aromatic rings. The molecule has 0 spiro atoms. The molecule has 0 aromatic carbocycles. The van der Waals surface area contributed by atoms with E-state index in [1.165, 1.54) is 18.4 Å². The molecule has 0 heterocycles. The monoisotopic (exact) mass is 244 g/mol. The Labute approximate surface area is 88.7 Å². The number of Topliss-reactive ketones (excluding diaryl/α,β-unsaturated/α-hetero) is 1. The summed E-state index contributed by atoms with van der Waals surface area (Å²) in [6, 6.07) is 0. The number of hydrogen-bond acceptors (Lipinski definition) is 1. The van der Waals surface area contributed by atoms with E-state index < -0.39 is 0 Å². The quantitative estimate of drug-likeness (QED) is 0.509. The summed E-state index contributed by atoms with van der Waals surface area (Å²) in [6.07, 6.45) is 9.40. The molecule has 2 heteroatoms. The van der Waals surface area contributed by atoms with Gasteiger partial charge in [-0.25, -0.2) is 0 Å². The maximum atomic E-state index is 11.2. The van der Waals surface area contributed by atoms with Gasteiger partial charge < -0.3 is 0 Å². The summed E-state index contributed by atoms with van der Waals surface area (Å²) in [5.74, 6) is 0.454. The van der Waals surface area contributed by atoms with Crippen molar-refractivity contribution in [3.63, 3.8) is 0 Å². The summed E-state index contributed by atoms with van der Waals surface area (Å²) in [5.41, 5.74) is 1.51. The third-order valence-electron chi connectivity index (χ3n) is 2.47. The van der Waals surface area contributed by atoms with Crippen molar-refractivity contribution in [3.8, 4) is 0 Å². The van der Waals surface area contributed by atoms with E-state index in [0.29, 0.717) is 5.78 Å². The van der Waals surface area contributed by atoms with E-state index in [0.717, 1.165) is 37.4 Å². The van der Waals surface area contributed by atoms with Gasteiger partial charge in [-0.1, -0.05) is 27.6 Å². The molecule has 0 N–H and O–H groups in total. The Kier molecular flexibility index (Phi) is 5.37. The van der Waals surface area contributed by atoms with Crippen LogP contribution in [-0.2, 0) is 4.79 Å². The van der Waals surface area contributed by atoms with Crippen LogP contribution in [-0.4, -0.2) is 11.1 Å². The SMILES string of the molecule is O=C1CCC/C=C(/CBr)CCCC1. The van der Waals surface area contributed by atoms with Crippen molar-refractivity contribution in [1.29, 1.82) is 0 Å². The van der Waals surface area contributed by atoms with Gasteiger partial charge in [-0.3, -0.25) is 4.79 Å². The van der Waals surface area contributed by atoms with Crippen LogP contribution < -0.4 is 0 Å². The second-order valence-corrected chi connectivity index (χ2v) is 4.19. The summed E-state index contributed by atoms with van der Waals surface area (Å²) in [4.78, 5) is 11.2. The van der Waals surface area contributed by atoms with E-state index in [1.807, 2.05) is 0 Å². The van der Waals surface area contributed by atoms with E-state index in [9.17, 15) is 4.79 Å². The highest BCUT2D eigenvalue weighted by atomic mass is 79.9. The number of hydrogen-bond donors (Lipinski definition) is 0. The third kappa shape index (κ3) is 4.61. The molecule has 0 radical (unpaired) electrons. The van der Waals surface area contributed by atoms with Crippen LogP contribution in [0, 0.1) is 0 Å². The van der Waals surface area contributed by atoms with E-state index >= 15 is 0 Å². The van der Waals surface area contributed by atoms with Crippen LogP contribution in [0.5, 0.6) is 0 Å². The zero-order chi connectivity index (χ0) is 9.52. The topological polar surface area (TPSA) is 17.1 Å². The fourth-order valence-electron chi connectivity index (χ4n) is 1.63. The molecule has 0 aromatic heterocycles. The average molecular weight is 245 g/mol. The van der Waals surface area contributed by atoms with Gasteiger partial charge in [-0.15, -0.1) is 0 Å². The van der Waals surface area contributed by atoms with Crippen LogP contribution in [0.1, 0.15) is 44.9 Å². The molecule has 0 saturated heterocycles. The molecule has 0 saturated carbocycles. The van der Waals surface area contributed by atoms with Crippen LogP contribution in [0.4, 0.5) is 0 Å². The van der Waals surface area contributed by atoms with Crippen LogP contribution in [0.15, 0.2) is 11.6 Å². The normalized spacial score (nSPS) is 25.0. The van der Waals surface area contributed by atoms with Crippen molar-refractivity contribution in [3.05, 3.63) is 11.6 Å². The zero-order valence-electron chi connectivity index (χ0n) is 8.02. The van der Waals surface area contributed by atoms with Crippen LogP contribution in [0.3, 0.4) is 0 Å². The second kappa shape index (κ2) is 6.36. The molecule has 0 amide bonds. The van der Waals surface area contributed by atoms with Gasteiger partial charge in [0.2, 0.25) is 0 Å². The van der Waals surface area contributed by atoms with E-state index in [2.05, 4.69) is 22.0 Å². The molecule has 0 aliphatic heterocycles. The van der Waals surface area contributed by atoms with Gasteiger partial charge in [-0.2, -0.15) is 0 Å². The Bertz CT molecular complexity index is 196. The van der Waals surface area contributed by atoms with E-state index in [1.54, 1.807) is 0 Å². The highest BCUT2D eigenvalue weighted by molar-refractivity contribution is 9.09. The van der Waals surface area contributed by atoms with Gasteiger partial charge in [0, 0.05) is 18.2 Å². The zero-order valence-corrected chi connectivity index (χ0v) is 9.61. The minimum Gasteiger partial charge on any atom is -0.300 e. The number of alkyl halides is 1. The standard InChI is InChI=1S/C11H17BrO/c12-9-10-5-1-3-7-11(13)8-4-2-6-10/h5H,1-4,6-9H2/b10-5+. The Morgan fingerprint density at radius 1 is 1.15 bits per heavy atom. The Balaban J connectivity index is 2.42. The first-order valence-corrected chi connectivity index (χ1v) is 6.20. The molecular formula is C11H17BrO. The fourth-order valence-corrected chi connectivity index (χ4v) is 2.14. The van der Waals surface area contributed by atoms with Crippen LogP contribution >= 0.6 is 15.9 Å². The molecule has 0 bridgehead atoms. The number of carbonyl (C=O) groups is 1.